The van der Waals surface area contributed by atoms with Crippen molar-refractivity contribution in [2.24, 2.45) is 0 Å². The van der Waals surface area contributed by atoms with Crippen molar-refractivity contribution in [1.29, 1.82) is 0 Å². The number of likely N-dealkylation sites (tertiary alicyclic amines) is 1. The lowest BCUT2D eigenvalue weighted by Gasteiger charge is -2.35. The van der Waals surface area contributed by atoms with Crippen LogP contribution in [-0.2, 0) is 14.6 Å². The molecule has 1 aromatic carbocycles. The predicted molar refractivity (Wildman–Crippen MR) is 91.3 cm³/mol. The summed E-state index contributed by atoms with van der Waals surface area (Å²) < 4.78 is 48.1. The molecule has 0 aromatic heterocycles. The Morgan fingerprint density at radius 2 is 1.84 bits per heavy atom. The van der Waals surface area contributed by atoms with Crippen LogP contribution in [0.3, 0.4) is 0 Å². The molecule has 1 heterocycles. The Hall–Kier alpha value is -1.83. The van der Waals surface area contributed by atoms with E-state index in [1.807, 2.05) is 0 Å². The van der Waals surface area contributed by atoms with Crippen molar-refractivity contribution in [2.75, 3.05) is 19.3 Å². The third kappa shape index (κ3) is 5.59. The minimum atomic E-state index is -3.28. The quantitative estimate of drug-likeness (QED) is 0.815. The second-order valence-electron chi connectivity index (χ2n) is 7.13. The minimum absolute atomic E-state index is 0.0962. The fourth-order valence-corrected chi connectivity index (χ4v) is 3.08. The molecule has 0 unspecified atom stereocenters. The van der Waals surface area contributed by atoms with Gasteiger partial charge in [0.25, 0.3) is 0 Å². The Labute approximate surface area is 147 Å². The number of hydrogen-bond donors (Lipinski definition) is 0. The number of benzene rings is 1. The molecule has 25 heavy (non-hydrogen) atoms. The average molecular weight is 373 g/mol. The normalized spacial score (nSPS) is 21.7. The molecule has 1 saturated heterocycles. The van der Waals surface area contributed by atoms with Crippen molar-refractivity contribution in [1.82, 2.24) is 4.90 Å². The topological polar surface area (TPSA) is 72.9 Å². The maximum absolute atomic E-state index is 14.4. The van der Waals surface area contributed by atoms with Gasteiger partial charge in [0, 0.05) is 19.2 Å². The van der Waals surface area contributed by atoms with Gasteiger partial charge in [-0.1, -0.05) is 0 Å². The van der Waals surface area contributed by atoms with E-state index < -0.39 is 33.8 Å². The number of sulfone groups is 1. The zero-order chi connectivity index (χ0) is 18.8. The molecule has 0 saturated carbocycles. The molecule has 6 nitrogen and oxygen atoms in total. The smallest absolute Gasteiger partial charge is 0.410 e. The monoisotopic (exact) mass is 373 g/mol. The van der Waals surface area contributed by atoms with E-state index in [-0.39, 0.29) is 11.4 Å². The molecule has 140 valence electrons. The van der Waals surface area contributed by atoms with E-state index >= 15 is 0 Å². The van der Waals surface area contributed by atoms with Gasteiger partial charge in [-0.15, -0.1) is 0 Å². The number of hydrogen-bond acceptors (Lipinski definition) is 5. The van der Waals surface area contributed by atoms with Gasteiger partial charge in [0.1, 0.15) is 17.5 Å². The summed E-state index contributed by atoms with van der Waals surface area (Å²) in [5.74, 6) is 0.394. The predicted octanol–water partition coefficient (Wildman–Crippen LogP) is 2.82. The summed E-state index contributed by atoms with van der Waals surface area (Å²) in [4.78, 5) is 13.5. The van der Waals surface area contributed by atoms with Gasteiger partial charge < -0.3 is 14.4 Å². The fourth-order valence-electron chi connectivity index (χ4n) is 2.45. The molecular weight excluding hydrogens is 349 g/mol. The van der Waals surface area contributed by atoms with Crippen molar-refractivity contribution in [3.8, 4) is 5.75 Å². The van der Waals surface area contributed by atoms with Crippen LogP contribution in [0.25, 0.3) is 0 Å². The number of rotatable bonds is 3. The van der Waals surface area contributed by atoms with E-state index in [1.54, 1.807) is 20.8 Å². The first-order valence-corrected chi connectivity index (χ1v) is 9.93. The van der Waals surface area contributed by atoms with Crippen LogP contribution in [0.15, 0.2) is 29.2 Å². The van der Waals surface area contributed by atoms with Gasteiger partial charge in [-0.3, -0.25) is 0 Å². The maximum Gasteiger partial charge on any atom is 0.410 e. The van der Waals surface area contributed by atoms with Gasteiger partial charge >= 0.3 is 6.09 Å². The van der Waals surface area contributed by atoms with Crippen molar-refractivity contribution in [2.45, 2.75) is 50.0 Å². The van der Waals surface area contributed by atoms with Crippen LogP contribution in [0, 0.1) is 0 Å². The highest BCUT2D eigenvalue weighted by molar-refractivity contribution is 7.90. The third-order valence-electron chi connectivity index (χ3n) is 3.67. The molecular formula is C17H24FNO5S. The van der Waals surface area contributed by atoms with Crippen LogP contribution in [0.4, 0.5) is 9.18 Å². The first-order valence-electron chi connectivity index (χ1n) is 8.04. The lowest BCUT2D eigenvalue weighted by molar-refractivity contribution is -0.0105. The molecule has 1 aliphatic rings. The Bertz CT molecular complexity index is 712. The summed E-state index contributed by atoms with van der Waals surface area (Å²) in [7, 11) is -3.28. The zero-order valence-electron chi connectivity index (χ0n) is 14.9. The molecule has 1 aliphatic heterocycles. The van der Waals surface area contributed by atoms with E-state index in [2.05, 4.69) is 0 Å². The molecule has 0 aliphatic carbocycles. The SMILES string of the molecule is CC(C)(C)OC(=O)N1CC[C@H](Oc2ccc(S(C)(=O)=O)cc2)[C@H](F)C1. The van der Waals surface area contributed by atoms with E-state index in [0.717, 1.165) is 6.26 Å². The van der Waals surface area contributed by atoms with Gasteiger partial charge in [-0.05, 0) is 45.0 Å². The summed E-state index contributed by atoms with van der Waals surface area (Å²) in [6.07, 6.45) is -1.13. The van der Waals surface area contributed by atoms with Gasteiger partial charge in [0.05, 0.1) is 11.4 Å². The number of alkyl halides is 1. The summed E-state index contributed by atoms with van der Waals surface area (Å²) >= 11 is 0. The van der Waals surface area contributed by atoms with Crippen molar-refractivity contribution in [3.63, 3.8) is 0 Å². The second-order valence-corrected chi connectivity index (χ2v) is 9.15. The minimum Gasteiger partial charge on any atom is -0.487 e. The number of carbonyl (C=O) groups excluding carboxylic acids is 1. The molecule has 8 heteroatoms. The molecule has 1 fully saturated rings. The molecule has 0 bridgehead atoms. The zero-order valence-corrected chi connectivity index (χ0v) is 15.7. The number of nitrogens with zero attached hydrogens (tertiary/aromatic N) is 1. The Morgan fingerprint density at radius 1 is 1.24 bits per heavy atom. The second kappa shape index (κ2) is 7.19. The van der Waals surface area contributed by atoms with Crippen LogP contribution >= 0.6 is 0 Å². The number of amides is 1. The number of halogens is 1. The van der Waals surface area contributed by atoms with Crippen molar-refractivity contribution in [3.05, 3.63) is 24.3 Å². The summed E-state index contributed by atoms with van der Waals surface area (Å²) in [5.41, 5.74) is -0.627. The van der Waals surface area contributed by atoms with E-state index in [9.17, 15) is 17.6 Å². The van der Waals surface area contributed by atoms with Gasteiger partial charge in [0.15, 0.2) is 16.0 Å². The summed E-state index contributed by atoms with van der Waals surface area (Å²) in [5, 5.41) is 0. The number of ether oxygens (including phenoxy) is 2. The van der Waals surface area contributed by atoms with Crippen LogP contribution in [0.5, 0.6) is 5.75 Å². The van der Waals surface area contributed by atoms with E-state index in [0.29, 0.717) is 18.7 Å². The lowest BCUT2D eigenvalue weighted by Crippen LogP contribution is -2.50. The summed E-state index contributed by atoms with van der Waals surface area (Å²) in [6.45, 7) is 5.51. The molecule has 0 N–H and O–H groups in total. The fraction of sp³-hybridized carbons (Fsp3) is 0.588. The highest BCUT2D eigenvalue weighted by atomic mass is 32.2. The highest BCUT2D eigenvalue weighted by Gasteiger charge is 2.34. The van der Waals surface area contributed by atoms with Crippen LogP contribution in [0.2, 0.25) is 0 Å². The standard InChI is InChI=1S/C17H24FNO5S/c1-17(2,3)24-16(20)19-10-9-15(14(18)11-19)23-12-5-7-13(8-6-12)25(4,21)22/h5-8,14-15H,9-11H2,1-4H3/t14-,15+/m1/s1. The molecule has 0 spiro atoms. The maximum atomic E-state index is 14.4. The Kier molecular flexibility index (Phi) is 5.61. The van der Waals surface area contributed by atoms with Crippen molar-refractivity contribution < 1.29 is 27.1 Å². The number of piperidine rings is 1. The van der Waals surface area contributed by atoms with Gasteiger partial charge in [-0.25, -0.2) is 17.6 Å². The van der Waals surface area contributed by atoms with Crippen LogP contribution in [-0.4, -0.2) is 56.6 Å². The molecule has 2 rings (SSSR count). The Balaban J connectivity index is 1.94. The number of carbonyl (C=O) groups is 1. The molecule has 2 atom stereocenters. The lowest BCUT2D eigenvalue weighted by atomic mass is 10.1. The van der Waals surface area contributed by atoms with E-state index in [1.165, 1.54) is 29.2 Å². The first kappa shape index (κ1) is 19.5. The molecule has 1 aromatic rings. The average Bonchev–Trinajstić information content (AvgIpc) is 2.47. The summed E-state index contributed by atoms with van der Waals surface area (Å²) in [6, 6.07) is 5.86. The molecule has 1 amide bonds. The highest BCUT2D eigenvalue weighted by Crippen LogP contribution is 2.24. The van der Waals surface area contributed by atoms with Crippen LogP contribution in [0.1, 0.15) is 27.2 Å². The first-order chi connectivity index (χ1) is 11.5. The van der Waals surface area contributed by atoms with Crippen LogP contribution < -0.4 is 4.74 Å². The van der Waals surface area contributed by atoms with Gasteiger partial charge in [0.2, 0.25) is 0 Å². The van der Waals surface area contributed by atoms with E-state index in [4.69, 9.17) is 9.47 Å². The molecule has 0 radical (unpaired) electrons. The van der Waals surface area contributed by atoms with Gasteiger partial charge in [-0.2, -0.15) is 0 Å². The van der Waals surface area contributed by atoms with Crippen molar-refractivity contribution >= 4 is 15.9 Å². The largest absolute Gasteiger partial charge is 0.487 e. The Morgan fingerprint density at radius 3 is 2.32 bits per heavy atom. The third-order valence-corrected chi connectivity index (χ3v) is 4.80.